The van der Waals surface area contributed by atoms with E-state index in [1.165, 1.54) is 11.1 Å². The van der Waals surface area contributed by atoms with E-state index in [0.717, 1.165) is 36.6 Å². The number of anilines is 5. The monoisotopic (exact) mass is 555 g/mol. The number of nitrogens with one attached hydrogen (secondary N) is 2. The third kappa shape index (κ3) is 5.11. The number of para-hydroxylation sites is 1. The Morgan fingerprint density at radius 1 is 1.18 bits per heavy atom. The summed E-state index contributed by atoms with van der Waals surface area (Å²) in [7, 11) is 1.84. The molecule has 200 valence electrons. The number of aromatic nitrogens is 2. The Morgan fingerprint density at radius 3 is 2.61 bits per heavy atom. The number of fused-ring (bicyclic) bond motifs is 1. The van der Waals surface area contributed by atoms with Gasteiger partial charge in [-0.2, -0.15) is 4.98 Å². The molecule has 0 aliphatic carbocycles. The third-order valence-electron chi connectivity index (χ3n) is 6.79. The van der Waals surface area contributed by atoms with E-state index in [4.69, 9.17) is 23.2 Å². The van der Waals surface area contributed by atoms with E-state index in [2.05, 4.69) is 32.4 Å². The quantitative estimate of drug-likeness (QED) is 0.420. The highest BCUT2D eigenvalue weighted by Crippen LogP contribution is 2.38. The Balaban J connectivity index is 1.43. The first-order valence-corrected chi connectivity index (χ1v) is 13.2. The fraction of sp³-hybridized carbons (Fsp3) is 0.370. The lowest BCUT2D eigenvalue weighted by Gasteiger charge is -2.37. The summed E-state index contributed by atoms with van der Waals surface area (Å²) in [6, 6.07) is 11.4. The Hall–Kier alpha value is -3.11. The van der Waals surface area contributed by atoms with Crippen molar-refractivity contribution >= 4 is 57.9 Å². The lowest BCUT2D eigenvalue weighted by molar-refractivity contribution is 0.0790. The number of piperazine rings is 1. The maximum Gasteiger partial charge on any atom is 0.265 e. The maximum atomic E-state index is 13.3. The van der Waals surface area contributed by atoms with E-state index in [0.29, 0.717) is 39.1 Å². The lowest BCUT2D eigenvalue weighted by Crippen LogP contribution is -2.49. The van der Waals surface area contributed by atoms with Gasteiger partial charge in [0.15, 0.2) is 0 Å². The van der Waals surface area contributed by atoms with E-state index in [9.17, 15) is 9.90 Å². The number of aliphatic hydroxyl groups is 1. The van der Waals surface area contributed by atoms with Crippen LogP contribution in [0, 0.1) is 0 Å². The van der Waals surface area contributed by atoms with Gasteiger partial charge in [-0.15, -0.1) is 0 Å². The van der Waals surface area contributed by atoms with E-state index >= 15 is 0 Å². The van der Waals surface area contributed by atoms with Gasteiger partial charge >= 0.3 is 0 Å². The van der Waals surface area contributed by atoms with E-state index in [-0.39, 0.29) is 12.6 Å². The Bertz CT molecular complexity index is 1360. The zero-order valence-corrected chi connectivity index (χ0v) is 23.3. The van der Waals surface area contributed by atoms with Crippen LogP contribution in [0.5, 0.6) is 0 Å². The minimum Gasteiger partial charge on any atom is -0.386 e. The predicted octanol–water partition coefficient (Wildman–Crippen LogP) is 4.61. The van der Waals surface area contributed by atoms with Crippen molar-refractivity contribution in [3.63, 3.8) is 0 Å². The van der Waals surface area contributed by atoms with Crippen LogP contribution in [-0.4, -0.2) is 60.4 Å². The van der Waals surface area contributed by atoms with E-state index < -0.39 is 5.60 Å². The van der Waals surface area contributed by atoms with Crippen molar-refractivity contribution in [3.05, 3.63) is 63.8 Å². The fourth-order valence-corrected chi connectivity index (χ4v) is 5.54. The van der Waals surface area contributed by atoms with Crippen molar-refractivity contribution in [2.45, 2.75) is 32.4 Å². The molecule has 11 heteroatoms. The van der Waals surface area contributed by atoms with Crippen LogP contribution in [0.25, 0.3) is 0 Å². The average molecular weight is 556 g/mol. The molecular formula is C27H31Cl2N7O2. The van der Waals surface area contributed by atoms with Crippen molar-refractivity contribution in [3.8, 4) is 0 Å². The Morgan fingerprint density at radius 2 is 1.92 bits per heavy atom. The highest BCUT2D eigenvalue weighted by Gasteiger charge is 2.33. The van der Waals surface area contributed by atoms with Crippen molar-refractivity contribution in [2.24, 2.45) is 0 Å². The van der Waals surface area contributed by atoms with Crippen LogP contribution in [-0.2, 0) is 5.60 Å². The molecule has 0 bridgehead atoms. The molecule has 1 atom stereocenters. The topological polar surface area (TPSA) is 96.9 Å². The normalized spacial score (nSPS) is 18.0. The van der Waals surface area contributed by atoms with Gasteiger partial charge in [-0.05, 0) is 51.1 Å². The van der Waals surface area contributed by atoms with Crippen LogP contribution in [0.2, 0.25) is 10.0 Å². The van der Waals surface area contributed by atoms with Crippen LogP contribution in [0.15, 0.2) is 42.6 Å². The molecule has 1 saturated heterocycles. The SMILES string of the molecule is CC1CN(c2ccc(Nc3ncc4c(n3)N(C)CN(c3c(Cl)cccc3Cl)C4=O)cc2C(C)(C)O)CCN1. The molecule has 1 unspecified atom stereocenters. The predicted molar refractivity (Wildman–Crippen MR) is 153 cm³/mol. The zero-order valence-electron chi connectivity index (χ0n) is 21.8. The summed E-state index contributed by atoms with van der Waals surface area (Å²) in [5.74, 6) is 0.567. The summed E-state index contributed by atoms with van der Waals surface area (Å²) in [4.78, 5) is 28.1. The van der Waals surface area contributed by atoms with Crippen LogP contribution < -0.4 is 25.3 Å². The number of benzene rings is 2. The summed E-state index contributed by atoms with van der Waals surface area (Å²) in [6.07, 6.45) is 1.51. The summed E-state index contributed by atoms with van der Waals surface area (Å²) >= 11 is 12.7. The van der Waals surface area contributed by atoms with Crippen molar-refractivity contribution in [1.29, 1.82) is 0 Å². The molecule has 1 aromatic heterocycles. The van der Waals surface area contributed by atoms with Gasteiger partial charge in [0.1, 0.15) is 11.4 Å². The largest absolute Gasteiger partial charge is 0.386 e. The molecule has 1 fully saturated rings. The third-order valence-corrected chi connectivity index (χ3v) is 7.40. The van der Waals surface area contributed by atoms with E-state index in [1.54, 1.807) is 32.0 Å². The average Bonchev–Trinajstić information content (AvgIpc) is 2.86. The number of rotatable bonds is 5. The number of nitrogens with zero attached hydrogens (tertiary/aromatic N) is 5. The smallest absolute Gasteiger partial charge is 0.265 e. The molecular weight excluding hydrogens is 525 g/mol. The molecule has 38 heavy (non-hydrogen) atoms. The molecule has 0 radical (unpaired) electrons. The highest BCUT2D eigenvalue weighted by atomic mass is 35.5. The molecule has 3 N–H and O–H groups in total. The molecule has 2 aliphatic heterocycles. The van der Waals surface area contributed by atoms with E-state index in [1.807, 2.05) is 30.1 Å². The molecule has 1 amide bonds. The first-order valence-electron chi connectivity index (χ1n) is 12.5. The molecule has 0 saturated carbocycles. The molecule has 0 spiro atoms. The van der Waals surface area contributed by atoms with Gasteiger partial charge < -0.3 is 25.5 Å². The summed E-state index contributed by atoms with van der Waals surface area (Å²) in [5.41, 5.74) is 2.32. The second-order valence-corrected chi connectivity index (χ2v) is 11.1. The number of amides is 1. The van der Waals surface area contributed by atoms with Crippen LogP contribution in [0.1, 0.15) is 36.7 Å². The van der Waals surface area contributed by atoms with Crippen LogP contribution in [0.3, 0.4) is 0 Å². The number of carbonyl (C=O) groups excluding carboxylic acids is 1. The van der Waals surface area contributed by atoms with Crippen molar-refractivity contribution < 1.29 is 9.90 Å². The number of halogens is 2. The lowest BCUT2D eigenvalue weighted by atomic mass is 9.94. The summed E-state index contributed by atoms with van der Waals surface area (Å²) in [6.45, 7) is 8.57. The number of hydrogen-bond donors (Lipinski definition) is 3. The Kier molecular flexibility index (Phi) is 7.13. The van der Waals surface area contributed by atoms with Gasteiger partial charge in [-0.1, -0.05) is 29.3 Å². The number of carbonyl (C=O) groups is 1. The molecule has 2 aromatic carbocycles. The zero-order chi connectivity index (χ0) is 27.2. The summed E-state index contributed by atoms with van der Waals surface area (Å²) < 4.78 is 0. The van der Waals surface area contributed by atoms with Crippen molar-refractivity contribution in [2.75, 3.05) is 53.4 Å². The van der Waals surface area contributed by atoms with Gasteiger partial charge in [0.2, 0.25) is 5.95 Å². The second-order valence-electron chi connectivity index (χ2n) is 10.3. The minimum absolute atomic E-state index is 0.229. The first-order chi connectivity index (χ1) is 18.0. The second kappa shape index (κ2) is 10.2. The minimum atomic E-state index is -1.05. The number of hydrogen-bond acceptors (Lipinski definition) is 8. The molecule has 3 aromatic rings. The van der Waals surface area contributed by atoms with Gasteiger partial charge in [0, 0.05) is 55.9 Å². The molecule has 5 rings (SSSR count). The summed E-state index contributed by atoms with van der Waals surface area (Å²) in [5, 5.41) is 18.5. The Labute approximate surface area is 232 Å². The highest BCUT2D eigenvalue weighted by molar-refractivity contribution is 6.40. The van der Waals surface area contributed by atoms with Crippen molar-refractivity contribution in [1.82, 2.24) is 15.3 Å². The van der Waals surface area contributed by atoms with Crippen LogP contribution in [0.4, 0.5) is 28.8 Å². The molecule has 9 nitrogen and oxygen atoms in total. The fourth-order valence-electron chi connectivity index (χ4n) is 4.94. The molecule has 3 heterocycles. The van der Waals surface area contributed by atoms with Gasteiger partial charge in [0.05, 0.1) is 28.0 Å². The first kappa shape index (κ1) is 26.5. The standard InChI is InChI=1S/C27H31Cl2N7O2/c1-16-14-35(11-10-30-16)22-9-8-17(12-19(22)27(2,3)38)32-26-31-13-18-24(33-26)34(4)15-36(25(18)37)23-20(28)6-5-7-21(23)29/h5-9,12-13,16,30,38H,10-11,14-15H2,1-4H3,(H,31,32,33). The van der Waals surface area contributed by atoms with Crippen LogP contribution >= 0.6 is 23.2 Å². The molecule has 2 aliphatic rings. The maximum absolute atomic E-state index is 13.3. The van der Waals surface area contributed by atoms with Gasteiger partial charge in [-0.3, -0.25) is 9.69 Å². The van der Waals surface area contributed by atoms with Gasteiger partial charge in [0.25, 0.3) is 5.91 Å². The van der Waals surface area contributed by atoms with Gasteiger partial charge in [-0.25, -0.2) is 4.98 Å².